The van der Waals surface area contributed by atoms with E-state index >= 15 is 0 Å². The molecule has 0 radical (unpaired) electrons. The Hall–Kier alpha value is -2.64. The van der Waals surface area contributed by atoms with Crippen molar-refractivity contribution in [1.82, 2.24) is 15.6 Å². The Labute approximate surface area is 191 Å². The van der Waals surface area contributed by atoms with Gasteiger partial charge in [-0.1, -0.05) is 35.9 Å². The van der Waals surface area contributed by atoms with Crippen molar-refractivity contribution in [1.29, 1.82) is 0 Å². The van der Waals surface area contributed by atoms with Gasteiger partial charge in [-0.3, -0.25) is 4.99 Å². The first-order valence-electron chi connectivity index (χ1n) is 11.6. The summed E-state index contributed by atoms with van der Waals surface area (Å²) in [4.78, 5) is 11.4. The van der Waals surface area contributed by atoms with Gasteiger partial charge in [0.15, 0.2) is 5.96 Å². The molecule has 2 saturated heterocycles. The van der Waals surface area contributed by atoms with Gasteiger partial charge in [0.05, 0.1) is 19.3 Å². The highest BCUT2D eigenvalue weighted by atomic mass is 16.5. The van der Waals surface area contributed by atoms with Crippen molar-refractivity contribution >= 4 is 11.8 Å². The SMILES string of the molecule is CN=C(NCc1cccnc1N1CCOCC1)NCC1CCCOC1c1ccc(C)cc1. The third kappa shape index (κ3) is 5.78. The zero-order valence-electron chi connectivity index (χ0n) is 19.2. The molecule has 2 unspecified atom stereocenters. The molecule has 1 aromatic heterocycles. The molecule has 0 aliphatic carbocycles. The maximum atomic E-state index is 6.17. The van der Waals surface area contributed by atoms with Gasteiger partial charge < -0.3 is 25.0 Å². The summed E-state index contributed by atoms with van der Waals surface area (Å²) >= 11 is 0. The largest absolute Gasteiger partial charge is 0.378 e. The van der Waals surface area contributed by atoms with Crippen molar-refractivity contribution in [2.24, 2.45) is 10.9 Å². The zero-order valence-corrected chi connectivity index (χ0v) is 19.2. The van der Waals surface area contributed by atoms with Crippen molar-refractivity contribution in [2.75, 3.05) is 51.4 Å². The molecule has 32 heavy (non-hydrogen) atoms. The Kier molecular flexibility index (Phi) is 7.96. The summed E-state index contributed by atoms with van der Waals surface area (Å²) in [6.07, 6.45) is 4.22. The molecule has 172 valence electrons. The number of ether oxygens (including phenoxy) is 2. The van der Waals surface area contributed by atoms with Crippen LogP contribution in [0.3, 0.4) is 0 Å². The quantitative estimate of drug-likeness (QED) is 0.535. The van der Waals surface area contributed by atoms with Crippen molar-refractivity contribution in [2.45, 2.75) is 32.4 Å². The number of guanidine groups is 1. The molecule has 4 rings (SSSR count). The number of nitrogens with one attached hydrogen (secondary N) is 2. The summed E-state index contributed by atoms with van der Waals surface area (Å²) in [6.45, 7) is 7.68. The molecule has 2 N–H and O–H groups in total. The smallest absolute Gasteiger partial charge is 0.191 e. The molecule has 2 fully saturated rings. The lowest BCUT2D eigenvalue weighted by atomic mass is 9.89. The van der Waals surface area contributed by atoms with Crippen LogP contribution in [0.2, 0.25) is 0 Å². The van der Waals surface area contributed by atoms with Crippen LogP contribution < -0.4 is 15.5 Å². The average molecular weight is 438 g/mol. The summed E-state index contributed by atoms with van der Waals surface area (Å²) < 4.78 is 11.7. The predicted octanol–water partition coefficient (Wildman–Crippen LogP) is 3.06. The second-order valence-electron chi connectivity index (χ2n) is 8.50. The molecule has 0 spiro atoms. The molecule has 1 aromatic carbocycles. The fraction of sp³-hybridized carbons (Fsp3) is 0.520. The van der Waals surface area contributed by atoms with E-state index in [0.29, 0.717) is 12.5 Å². The number of benzene rings is 1. The van der Waals surface area contributed by atoms with Gasteiger partial charge in [-0.15, -0.1) is 0 Å². The third-order valence-electron chi connectivity index (χ3n) is 6.23. The average Bonchev–Trinajstić information content (AvgIpc) is 2.86. The number of hydrogen-bond donors (Lipinski definition) is 2. The Morgan fingerprint density at radius 1 is 1.12 bits per heavy atom. The van der Waals surface area contributed by atoms with E-state index < -0.39 is 0 Å². The molecule has 7 heteroatoms. The topological polar surface area (TPSA) is 71.0 Å². The number of aliphatic imine (C=N–C) groups is 1. The highest BCUT2D eigenvalue weighted by Gasteiger charge is 2.27. The Bertz CT molecular complexity index is 880. The van der Waals surface area contributed by atoms with Crippen molar-refractivity contribution in [3.63, 3.8) is 0 Å². The normalized spacial score (nSPS) is 21.9. The van der Waals surface area contributed by atoms with E-state index in [4.69, 9.17) is 9.47 Å². The van der Waals surface area contributed by atoms with Crippen LogP contribution in [0.4, 0.5) is 5.82 Å². The van der Waals surface area contributed by atoms with Gasteiger partial charge in [-0.25, -0.2) is 4.98 Å². The van der Waals surface area contributed by atoms with Gasteiger partial charge in [0.25, 0.3) is 0 Å². The van der Waals surface area contributed by atoms with Gasteiger partial charge in [-0.05, 0) is 31.4 Å². The number of anilines is 1. The number of aromatic nitrogens is 1. The summed E-state index contributed by atoms with van der Waals surface area (Å²) in [6, 6.07) is 12.8. The molecular weight excluding hydrogens is 402 g/mol. The van der Waals surface area contributed by atoms with Gasteiger partial charge >= 0.3 is 0 Å². The zero-order chi connectivity index (χ0) is 22.2. The third-order valence-corrected chi connectivity index (χ3v) is 6.23. The van der Waals surface area contributed by atoms with Crippen LogP contribution in [0.5, 0.6) is 0 Å². The number of aryl methyl sites for hydroxylation is 1. The van der Waals surface area contributed by atoms with E-state index in [0.717, 1.165) is 69.6 Å². The van der Waals surface area contributed by atoms with Gasteiger partial charge in [0.2, 0.25) is 0 Å². The summed E-state index contributed by atoms with van der Waals surface area (Å²) in [5, 5.41) is 6.99. The van der Waals surface area contributed by atoms with E-state index in [1.165, 1.54) is 11.1 Å². The molecule has 2 atom stereocenters. The minimum Gasteiger partial charge on any atom is -0.378 e. The Balaban J connectivity index is 1.34. The van der Waals surface area contributed by atoms with E-state index in [1.54, 1.807) is 0 Å². The summed E-state index contributed by atoms with van der Waals surface area (Å²) in [5.74, 6) is 2.24. The molecule has 0 amide bonds. The lowest BCUT2D eigenvalue weighted by Crippen LogP contribution is -2.42. The molecule has 2 aromatic rings. The van der Waals surface area contributed by atoms with E-state index in [1.807, 2.05) is 19.3 Å². The van der Waals surface area contributed by atoms with Crippen molar-refractivity contribution in [3.8, 4) is 0 Å². The first kappa shape index (κ1) is 22.6. The standard InChI is InChI=1S/C25H35N5O2/c1-19-7-9-20(10-8-19)23-21(6-4-14-32-23)17-28-25(26-2)29-18-22-5-3-11-27-24(22)30-12-15-31-16-13-30/h3,5,7-11,21,23H,4,6,12-18H2,1-2H3,(H2,26,28,29). The van der Waals surface area contributed by atoms with Crippen LogP contribution >= 0.6 is 0 Å². The summed E-state index contributed by atoms with van der Waals surface area (Å²) in [7, 11) is 1.82. The van der Waals surface area contributed by atoms with Crippen molar-refractivity contribution < 1.29 is 9.47 Å². The first-order chi connectivity index (χ1) is 15.7. The van der Waals surface area contributed by atoms with Crippen LogP contribution in [-0.4, -0.2) is 57.4 Å². The van der Waals surface area contributed by atoms with Crippen molar-refractivity contribution in [3.05, 3.63) is 59.3 Å². The molecular formula is C25H35N5O2. The highest BCUT2D eigenvalue weighted by molar-refractivity contribution is 5.79. The maximum absolute atomic E-state index is 6.17. The molecule has 0 bridgehead atoms. The number of morpholine rings is 1. The predicted molar refractivity (Wildman–Crippen MR) is 128 cm³/mol. The highest BCUT2D eigenvalue weighted by Crippen LogP contribution is 2.33. The van der Waals surface area contributed by atoms with Gasteiger partial charge in [-0.2, -0.15) is 0 Å². The molecule has 7 nitrogen and oxygen atoms in total. The fourth-order valence-electron chi connectivity index (χ4n) is 4.43. The van der Waals surface area contributed by atoms with E-state index in [9.17, 15) is 0 Å². The number of nitrogens with zero attached hydrogens (tertiary/aromatic N) is 3. The molecule has 2 aliphatic heterocycles. The molecule has 3 heterocycles. The van der Waals surface area contributed by atoms with Crippen LogP contribution in [0.15, 0.2) is 47.6 Å². The lowest BCUT2D eigenvalue weighted by Gasteiger charge is -2.33. The Morgan fingerprint density at radius 2 is 1.94 bits per heavy atom. The van der Waals surface area contributed by atoms with Crippen LogP contribution in [0, 0.1) is 12.8 Å². The number of rotatable bonds is 6. The van der Waals surface area contributed by atoms with Gasteiger partial charge in [0.1, 0.15) is 5.82 Å². The monoisotopic (exact) mass is 437 g/mol. The minimum atomic E-state index is 0.126. The lowest BCUT2D eigenvalue weighted by molar-refractivity contribution is -0.0265. The maximum Gasteiger partial charge on any atom is 0.191 e. The van der Waals surface area contributed by atoms with Gasteiger partial charge in [0, 0.05) is 57.5 Å². The second kappa shape index (κ2) is 11.3. The van der Waals surface area contributed by atoms with E-state index in [-0.39, 0.29) is 6.10 Å². The van der Waals surface area contributed by atoms with E-state index in [2.05, 4.69) is 62.8 Å². The van der Waals surface area contributed by atoms with Crippen LogP contribution in [-0.2, 0) is 16.0 Å². The van der Waals surface area contributed by atoms with Crippen LogP contribution in [0.1, 0.15) is 35.6 Å². The number of pyridine rings is 1. The Morgan fingerprint density at radius 3 is 2.72 bits per heavy atom. The molecule has 2 aliphatic rings. The fourth-order valence-corrected chi connectivity index (χ4v) is 4.43. The van der Waals surface area contributed by atoms with Crippen LogP contribution in [0.25, 0.3) is 0 Å². The minimum absolute atomic E-state index is 0.126. The second-order valence-corrected chi connectivity index (χ2v) is 8.50. The number of hydrogen-bond acceptors (Lipinski definition) is 5. The molecule has 0 saturated carbocycles. The first-order valence-corrected chi connectivity index (χ1v) is 11.6. The summed E-state index contributed by atoms with van der Waals surface area (Å²) in [5.41, 5.74) is 3.70.